The molecule has 3 nitrogen and oxygen atoms in total. The van der Waals surface area contributed by atoms with E-state index in [2.05, 4.69) is 43.0 Å². The third-order valence-electron chi connectivity index (χ3n) is 6.49. The second-order valence-corrected chi connectivity index (χ2v) is 10.4. The lowest BCUT2D eigenvalue weighted by Gasteiger charge is -2.25. The van der Waals surface area contributed by atoms with Crippen LogP contribution in [0, 0.1) is 0 Å². The van der Waals surface area contributed by atoms with Gasteiger partial charge in [-0.1, -0.05) is 96.0 Å². The third kappa shape index (κ3) is 10.1. The van der Waals surface area contributed by atoms with E-state index < -0.39 is 11.9 Å². The van der Waals surface area contributed by atoms with Crippen molar-refractivity contribution in [2.45, 2.75) is 107 Å². The maximum atomic E-state index is 11.4. The van der Waals surface area contributed by atoms with Gasteiger partial charge in [-0.2, -0.15) is 0 Å². The molecule has 0 saturated heterocycles. The number of anilines is 1. The second-order valence-electron chi connectivity index (χ2n) is 9.28. The number of carboxylic acids is 1. The van der Waals surface area contributed by atoms with Crippen molar-refractivity contribution in [1.29, 1.82) is 0 Å². The molecule has 2 rings (SSSR count). The molecule has 0 bridgehead atoms. The molecule has 0 radical (unpaired) electrons. The van der Waals surface area contributed by atoms with Crippen molar-refractivity contribution >= 4 is 23.4 Å². The van der Waals surface area contributed by atoms with E-state index in [1.165, 1.54) is 74.8 Å². The highest BCUT2D eigenvalue weighted by Crippen LogP contribution is 2.31. The largest absolute Gasteiger partial charge is 0.481 e. The second kappa shape index (κ2) is 16.6. The average molecular weight is 484 g/mol. The first-order valence-corrected chi connectivity index (χ1v) is 14.3. The Bertz CT molecular complexity index is 790. The predicted molar refractivity (Wildman–Crippen MR) is 147 cm³/mol. The maximum absolute atomic E-state index is 11.4. The number of carbonyl (C=O) groups is 1. The highest BCUT2D eigenvalue weighted by molar-refractivity contribution is 7.99. The minimum atomic E-state index is -0.751. The van der Waals surface area contributed by atoms with Crippen molar-refractivity contribution in [2.75, 3.05) is 18.0 Å². The molecule has 0 amide bonds. The maximum Gasteiger partial charge on any atom is 0.310 e. The van der Waals surface area contributed by atoms with Crippen molar-refractivity contribution in [2.24, 2.45) is 0 Å². The Hall–Kier alpha value is -1.94. The molecule has 1 atom stereocenters. The zero-order chi connectivity index (χ0) is 24.6. The van der Waals surface area contributed by atoms with Crippen LogP contribution in [0.3, 0.4) is 0 Å². The van der Waals surface area contributed by atoms with Gasteiger partial charge in [-0.15, -0.1) is 0 Å². The lowest BCUT2D eigenvalue weighted by molar-refractivity contribution is -0.138. The van der Waals surface area contributed by atoms with Gasteiger partial charge in [-0.3, -0.25) is 4.79 Å². The number of benzene rings is 2. The Labute approximate surface area is 212 Å². The van der Waals surface area contributed by atoms with Crippen molar-refractivity contribution in [3.63, 3.8) is 0 Å². The van der Waals surface area contributed by atoms with Gasteiger partial charge in [0.1, 0.15) is 0 Å². The molecular formula is C30H45NO2S. The van der Waals surface area contributed by atoms with Gasteiger partial charge in [0.25, 0.3) is 0 Å². The summed E-state index contributed by atoms with van der Waals surface area (Å²) in [6.45, 7) is 8.76. The normalized spacial score (nSPS) is 12.0. The van der Waals surface area contributed by atoms with Crippen LogP contribution in [-0.2, 0) is 4.79 Å². The van der Waals surface area contributed by atoms with Crippen LogP contribution in [0.15, 0.2) is 58.3 Å². The summed E-state index contributed by atoms with van der Waals surface area (Å²) in [5.41, 5.74) is 2.21. The van der Waals surface area contributed by atoms with Gasteiger partial charge >= 0.3 is 5.97 Å². The molecular weight excluding hydrogens is 438 g/mol. The lowest BCUT2D eigenvalue weighted by atomic mass is 9.97. The van der Waals surface area contributed by atoms with Crippen LogP contribution in [0.5, 0.6) is 0 Å². The summed E-state index contributed by atoms with van der Waals surface area (Å²) >= 11 is 1.73. The van der Waals surface area contributed by atoms with E-state index in [1.54, 1.807) is 11.8 Å². The highest BCUT2D eigenvalue weighted by Gasteiger charge is 2.17. The molecule has 2 aromatic carbocycles. The van der Waals surface area contributed by atoms with Crippen molar-refractivity contribution in [1.82, 2.24) is 0 Å². The molecule has 0 spiro atoms. The van der Waals surface area contributed by atoms with Crippen LogP contribution >= 0.6 is 11.8 Å². The zero-order valence-electron chi connectivity index (χ0n) is 21.6. The molecule has 4 heteroatoms. The third-order valence-corrected chi connectivity index (χ3v) is 7.51. The fraction of sp³-hybridized carbons (Fsp3) is 0.567. The number of carboxylic acid groups (broad SMARTS) is 1. The summed E-state index contributed by atoms with van der Waals surface area (Å²) < 4.78 is 0. The van der Waals surface area contributed by atoms with Crippen LogP contribution < -0.4 is 4.90 Å². The SMILES string of the molecule is CCCCCCCN(CCCCCCC)c1ccc(Sc2ccc(C(CC)C(=O)O)cc2)cc1. The van der Waals surface area contributed by atoms with Gasteiger partial charge in [0, 0.05) is 28.6 Å². The van der Waals surface area contributed by atoms with Crippen LogP contribution in [0.25, 0.3) is 0 Å². The van der Waals surface area contributed by atoms with Crippen molar-refractivity contribution in [3.05, 3.63) is 54.1 Å². The predicted octanol–water partition coefficient (Wildman–Crippen LogP) is 9.16. The number of rotatable bonds is 18. The van der Waals surface area contributed by atoms with E-state index in [0.29, 0.717) is 6.42 Å². The van der Waals surface area contributed by atoms with E-state index in [4.69, 9.17) is 0 Å². The molecule has 0 saturated carbocycles. The Morgan fingerprint density at radius 3 is 1.65 bits per heavy atom. The molecule has 1 N–H and O–H groups in total. The summed E-state index contributed by atoms with van der Waals surface area (Å²) in [7, 11) is 0. The molecule has 0 aliphatic heterocycles. The van der Waals surface area contributed by atoms with E-state index >= 15 is 0 Å². The summed E-state index contributed by atoms with van der Waals surface area (Å²) in [5.74, 6) is -1.17. The highest BCUT2D eigenvalue weighted by atomic mass is 32.2. The number of aliphatic carboxylic acids is 1. The van der Waals surface area contributed by atoms with Crippen LogP contribution in [0.4, 0.5) is 5.69 Å². The molecule has 2 aromatic rings. The lowest BCUT2D eigenvalue weighted by Crippen LogP contribution is -2.25. The van der Waals surface area contributed by atoms with Gasteiger partial charge < -0.3 is 10.0 Å². The van der Waals surface area contributed by atoms with Gasteiger partial charge in [0.15, 0.2) is 0 Å². The zero-order valence-corrected chi connectivity index (χ0v) is 22.4. The first-order chi connectivity index (χ1) is 16.6. The molecule has 0 aliphatic carbocycles. The average Bonchev–Trinajstić information content (AvgIpc) is 2.84. The fourth-order valence-corrected chi connectivity index (χ4v) is 5.18. The standard InChI is InChI=1S/C30H45NO2S/c1-4-7-9-11-13-23-31(24-14-12-10-8-5-2)26-17-21-28(22-18-26)34-27-19-15-25(16-20-27)29(6-3)30(32)33/h15-22,29H,4-14,23-24H2,1-3H3,(H,32,33). The number of unbranched alkanes of at least 4 members (excludes halogenated alkanes) is 8. The van der Waals surface area contributed by atoms with E-state index in [1.807, 2.05) is 31.2 Å². The molecule has 1 unspecified atom stereocenters. The van der Waals surface area contributed by atoms with Crippen LogP contribution in [0.2, 0.25) is 0 Å². The van der Waals surface area contributed by atoms with E-state index in [0.717, 1.165) is 23.5 Å². The minimum absolute atomic E-state index is 0.423. The molecule has 0 fully saturated rings. The molecule has 0 heterocycles. The first kappa shape index (κ1) is 28.3. The smallest absolute Gasteiger partial charge is 0.310 e. The van der Waals surface area contributed by atoms with Gasteiger partial charge in [-0.05, 0) is 61.2 Å². The topological polar surface area (TPSA) is 40.5 Å². The van der Waals surface area contributed by atoms with Gasteiger partial charge in [0.05, 0.1) is 5.92 Å². The fourth-order valence-electron chi connectivity index (χ4n) is 4.36. The van der Waals surface area contributed by atoms with Gasteiger partial charge in [-0.25, -0.2) is 0 Å². The Kier molecular flexibility index (Phi) is 13.9. The van der Waals surface area contributed by atoms with Crippen LogP contribution in [0.1, 0.15) is 103 Å². The monoisotopic (exact) mass is 483 g/mol. The summed E-state index contributed by atoms with van der Waals surface area (Å²) in [4.78, 5) is 16.3. The van der Waals surface area contributed by atoms with E-state index in [-0.39, 0.29) is 0 Å². The quantitative estimate of drug-likeness (QED) is 0.215. The van der Waals surface area contributed by atoms with Gasteiger partial charge in [0.2, 0.25) is 0 Å². The number of hydrogen-bond donors (Lipinski definition) is 1. The molecule has 34 heavy (non-hydrogen) atoms. The summed E-state index contributed by atoms with van der Waals surface area (Å²) in [6, 6.07) is 17.0. The molecule has 188 valence electrons. The summed E-state index contributed by atoms with van der Waals surface area (Å²) in [5, 5.41) is 9.38. The minimum Gasteiger partial charge on any atom is -0.481 e. The number of nitrogens with zero attached hydrogens (tertiary/aromatic N) is 1. The van der Waals surface area contributed by atoms with Crippen molar-refractivity contribution in [3.8, 4) is 0 Å². The summed E-state index contributed by atoms with van der Waals surface area (Å²) in [6.07, 6.45) is 13.8. The van der Waals surface area contributed by atoms with Crippen molar-refractivity contribution < 1.29 is 9.90 Å². The molecule has 0 aliphatic rings. The van der Waals surface area contributed by atoms with E-state index in [9.17, 15) is 9.90 Å². The first-order valence-electron chi connectivity index (χ1n) is 13.4. The Morgan fingerprint density at radius 2 is 1.21 bits per heavy atom. The molecule has 0 aromatic heterocycles. The Morgan fingerprint density at radius 1 is 0.735 bits per heavy atom. The number of hydrogen-bond acceptors (Lipinski definition) is 3. The Balaban J connectivity index is 1.96. The van der Waals surface area contributed by atoms with Crippen LogP contribution in [-0.4, -0.2) is 24.2 Å².